The fraction of sp³-hybridized carbons (Fsp3) is 0.455. The third-order valence-electron chi connectivity index (χ3n) is 4.92. The molecule has 0 spiro atoms. The average Bonchev–Trinajstić information content (AvgIpc) is 3.53. The molecule has 2 aromatic carbocycles. The van der Waals surface area contributed by atoms with Crippen LogP contribution >= 0.6 is 22.6 Å². The Labute approximate surface area is 174 Å². The summed E-state index contributed by atoms with van der Waals surface area (Å²) in [7, 11) is 0. The van der Waals surface area contributed by atoms with E-state index in [0.29, 0.717) is 13.2 Å². The molecule has 2 aliphatic rings. The molecule has 2 atom stereocenters. The highest BCUT2D eigenvalue weighted by atomic mass is 127. The van der Waals surface area contributed by atoms with Crippen molar-refractivity contribution < 1.29 is 18.9 Å². The molecule has 0 aliphatic carbocycles. The van der Waals surface area contributed by atoms with E-state index in [1.807, 2.05) is 0 Å². The molecule has 2 aromatic rings. The normalized spacial score (nSPS) is 20.4. The van der Waals surface area contributed by atoms with Crippen LogP contribution in [0.15, 0.2) is 24.3 Å². The Kier molecular flexibility index (Phi) is 5.62. The maximum atomic E-state index is 6.04. The van der Waals surface area contributed by atoms with E-state index in [2.05, 4.69) is 67.6 Å². The number of ether oxygens (including phenoxy) is 4. The van der Waals surface area contributed by atoms with Gasteiger partial charge in [0.15, 0.2) is 0 Å². The van der Waals surface area contributed by atoms with Crippen molar-refractivity contribution in [3.05, 3.63) is 46.5 Å². The molecule has 0 bridgehead atoms. The molecule has 0 amide bonds. The first-order valence-electron chi connectivity index (χ1n) is 9.35. The summed E-state index contributed by atoms with van der Waals surface area (Å²) < 4.78 is 23.4. The zero-order valence-corrected chi connectivity index (χ0v) is 18.2. The van der Waals surface area contributed by atoms with Crippen LogP contribution in [0.5, 0.6) is 11.5 Å². The lowest BCUT2D eigenvalue weighted by Crippen LogP contribution is -2.07. The number of alkyl halides is 1. The molecule has 0 radical (unpaired) electrons. The molecule has 4 nitrogen and oxygen atoms in total. The number of halogens is 1. The van der Waals surface area contributed by atoms with Crippen molar-refractivity contribution in [2.24, 2.45) is 0 Å². The van der Waals surface area contributed by atoms with E-state index in [9.17, 15) is 0 Å². The predicted molar refractivity (Wildman–Crippen MR) is 114 cm³/mol. The van der Waals surface area contributed by atoms with E-state index >= 15 is 0 Å². The van der Waals surface area contributed by atoms with Crippen molar-refractivity contribution in [3.8, 4) is 22.6 Å². The smallest absolute Gasteiger partial charge is 0.126 e. The van der Waals surface area contributed by atoms with E-state index in [1.54, 1.807) is 0 Å². The van der Waals surface area contributed by atoms with Gasteiger partial charge in [0.1, 0.15) is 36.9 Å². The number of epoxide rings is 2. The first kappa shape index (κ1) is 19.0. The second-order valence-corrected chi connectivity index (χ2v) is 8.15. The van der Waals surface area contributed by atoms with Gasteiger partial charge >= 0.3 is 0 Å². The van der Waals surface area contributed by atoms with Gasteiger partial charge in [-0.15, -0.1) is 0 Å². The monoisotopic (exact) mass is 480 g/mol. The molecule has 4 rings (SSSR count). The number of rotatable bonds is 8. The lowest BCUT2D eigenvalue weighted by molar-refractivity contribution is 0.260. The van der Waals surface area contributed by atoms with Crippen molar-refractivity contribution in [1.82, 2.24) is 0 Å². The molecule has 0 N–H and O–H groups in total. The van der Waals surface area contributed by atoms with E-state index in [4.69, 9.17) is 18.9 Å². The third-order valence-corrected chi connectivity index (χ3v) is 5.74. The first-order chi connectivity index (χ1) is 13.0. The Morgan fingerprint density at radius 3 is 1.74 bits per heavy atom. The Balaban J connectivity index is 1.60. The van der Waals surface area contributed by atoms with Crippen LogP contribution in [0.2, 0.25) is 0 Å². The topological polar surface area (TPSA) is 43.5 Å². The van der Waals surface area contributed by atoms with E-state index in [-0.39, 0.29) is 12.2 Å². The summed E-state index contributed by atoms with van der Waals surface area (Å²) in [5.41, 5.74) is 7.15. The maximum Gasteiger partial charge on any atom is 0.126 e. The van der Waals surface area contributed by atoms with Crippen molar-refractivity contribution in [1.29, 1.82) is 0 Å². The summed E-state index contributed by atoms with van der Waals surface area (Å²) in [5.74, 6) is 1.98. The van der Waals surface area contributed by atoms with Gasteiger partial charge in [0, 0.05) is 9.99 Å². The SMILES string of the molecule is Cc1cc(-c2cc(C)c(OCC3CO3)c(CI)c2)cc(C)c1OCC1CO1. The molecule has 27 heavy (non-hydrogen) atoms. The quantitative estimate of drug-likeness (QED) is 0.310. The lowest BCUT2D eigenvalue weighted by atomic mass is 9.96. The number of hydrogen-bond acceptors (Lipinski definition) is 4. The molecular formula is C22H25IO4. The molecule has 2 aliphatic heterocycles. The summed E-state index contributed by atoms with van der Waals surface area (Å²) in [4.78, 5) is 0. The standard InChI is InChI=1S/C22H25IO4/c1-13-4-16(5-14(2)21(13)26-11-19-9-24-19)17-6-15(3)22(18(7-17)8-23)27-12-20-10-25-20/h4-7,19-20H,8-12H2,1-3H3. The summed E-state index contributed by atoms with van der Waals surface area (Å²) in [6.07, 6.45) is 0.538. The second kappa shape index (κ2) is 7.97. The number of hydrogen-bond donors (Lipinski definition) is 0. The van der Waals surface area contributed by atoms with Gasteiger partial charge < -0.3 is 18.9 Å². The summed E-state index contributed by atoms with van der Waals surface area (Å²) in [5, 5.41) is 0. The molecule has 2 unspecified atom stereocenters. The van der Waals surface area contributed by atoms with E-state index in [0.717, 1.165) is 40.3 Å². The van der Waals surface area contributed by atoms with Crippen LogP contribution < -0.4 is 9.47 Å². The van der Waals surface area contributed by atoms with Crippen LogP contribution in [-0.4, -0.2) is 38.6 Å². The average molecular weight is 480 g/mol. The van der Waals surface area contributed by atoms with Gasteiger partial charge in [-0.2, -0.15) is 0 Å². The van der Waals surface area contributed by atoms with Crippen LogP contribution in [0.25, 0.3) is 11.1 Å². The van der Waals surface area contributed by atoms with Crippen LogP contribution in [0, 0.1) is 20.8 Å². The molecule has 2 fully saturated rings. The summed E-state index contributed by atoms with van der Waals surface area (Å²) >= 11 is 2.40. The van der Waals surface area contributed by atoms with Gasteiger partial charge in [0.2, 0.25) is 0 Å². The first-order valence-corrected chi connectivity index (χ1v) is 10.9. The molecule has 0 saturated carbocycles. The number of aryl methyl sites for hydroxylation is 3. The van der Waals surface area contributed by atoms with Crippen LogP contribution in [0.4, 0.5) is 0 Å². The predicted octanol–water partition coefficient (Wildman–Crippen LogP) is 4.77. The van der Waals surface area contributed by atoms with Gasteiger partial charge in [-0.25, -0.2) is 0 Å². The van der Waals surface area contributed by atoms with Gasteiger partial charge in [0.05, 0.1) is 13.2 Å². The zero-order valence-electron chi connectivity index (χ0n) is 16.0. The third kappa shape index (κ3) is 4.58. The van der Waals surface area contributed by atoms with E-state index < -0.39 is 0 Å². The summed E-state index contributed by atoms with van der Waals surface area (Å²) in [6, 6.07) is 8.88. The molecule has 0 aromatic heterocycles. The van der Waals surface area contributed by atoms with Gasteiger partial charge in [-0.05, 0) is 72.9 Å². The number of benzene rings is 2. The summed E-state index contributed by atoms with van der Waals surface area (Å²) in [6.45, 7) is 9.24. The largest absolute Gasteiger partial charge is 0.490 e. The highest BCUT2D eigenvalue weighted by Gasteiger charge is 2.25. The maximum absolute atomic E-state index is 6.04. The van der Waals surface area contributed by atoms with Crippen molar-refractivity contribution in [3.63, 3.8) is 0 Å². The van der Waals surface area contributed by atoms with Crippen LogP contribution in [0.1, 0.15) is 22.3 Å². The van der Waals surface area contributed by atoms with E-state index in [1.165, 1.54) is 22.3 Å². The molecule has 144 valence electrons. The van der Waals surface area contributed by atoms with Gasteiger partial charge in [0.25, 0.3) is 0 Å². The van der Waals surface area contributed by atoms with Crippen LogP contribution in [0.3, 0.4) is 0 Å². The van der Waals surface area contributed by atoms with Gasteiger partial charge in [-0.1, -0.05) is 22.6 Å². The minimum Gasteiger partial charge on any atom is -0.490 e. The van der Waals surface area contributed by atoms with Crippen LogP contribution in [-0.2, 0) is 13.9 Å². The lowest BCUT2D eigenvalue weighted by Gasteiger charge is -2.17. The Hall–Kier alpha value is -1.31. The fourth-order valence-electron chi connectivity index (χ4n) is 3.35. The molecule has 5 heteroatoms. The Bertz CT molecular complexity index is 817. The fourth-order valence-corrected chi connectivity index (χ4v) is 3.91. The molecule has 2 saturated heterocycles. The Morgan fingerprint density at radius 1 is 0.815 bits per heavy atom. The van der Waals surface area contributed by atoms with Crippen molar-refractivity contribution in [2.75, 3.05) is 26.4 Å². The Morgan fingerprint density at radius 2 is 1.26 bits per heavy atom. The molecular weight excluding hydrogens is 455 g/mol. The second-order valence-electron chi connectivity index (χ2n) is 7.39. The van der Waals surface area contributed by atoms with Crippen molar-refractivity contribution in [2.45, 2.75) is 37.4 Å². The minimum atomic E-state index is 0.269. The zero-order chi connectivity index (χ0) is 19.0. The molecule has 2 heterocycles. The highest BCUT2D eigenvalue weighted by molar-refractivity contribution is 14.1. The van der Waals surface area contributed by atoms with Crippen molar-refractivity contribution >= 4 is 22.6 Å². The highest BCUT2D eigenvalue weighted by Crippen LogP contribution is 2.36. The van der Waals surface area contributed by atoms with Gasteiger partial charge in [-0.3, -0.25) is 0 Å². The minimum absolute atomic E-state index is 0.269.